The lowest BCUT2D eigenvalue weighted by molar-refractivity contribution is -0.127. The summed E-state index contributed by atoms with van der Waals surface area (Å²) in [6.07, 6.45) is -5.39. The van der Waals surface area contributed by atoms with Gasteiger partial charge >= 0.3 is 6.18 Å². The Kier molecular flexibility index (Phi) is 2.97. The molecule has 0 radical (unpaired) electrons. The lowest BCUT2D eigenvalue weighted by atomic mass is 10.1. The van der Waals surface area contributed by atoms with Crippen LogP contribution in [0.25, 0.3) is 0 Å². The van der Waals surface area contributed by atoms with Crippen molar-refractivity contribution < 1.29 is 17.9 Å². The fraction of sp³-hybridized carbons (Fsp3) is 0.333. The topological polar surface area (TPSA) is 61.3 Å². The van der Waals surface area contributed by atoms with Crippen LogP contribution in [0.3, 0.4) is 0 Å². The predicted molar refractivity (Wildman–Crippen MR) is 51.6 cm³/mol. The minimum Gasteiger partial charge on any atom is -0.495 e. The predicted octanol–water partition coefficient (Wildman–Crippen LogP) is 1.96. The molecule has 0 aliphatic carbocycles. The van der Waals surface area contributed by atoms with Gasteiger partial charge in [0.2, 0.25) is 0 Å². The normalized spacial score (nSPS) is 11.5. The first-order valence-electron chi connectivity index (χ1n) is 4.12. The van der Waals surface area contributed by atoms with Crippen molar-refractivity contribution >= 4 is 11.4 Å². The molecule has 0 amide bonds. The van der Waals surface area contributed by atoms with E-state index in [2.05, 4.69) is 0 Å². The average Bonchev–Trinajstić information content (AvgIpc) is 2.11. The molecule has 0 atom stereocenters. The van der Waals surface area contributed by atoms with Crippen LogP contribution in [0.5, 0.6) is 5.75 Å². The molecular weight excluding hydrogens is 209 g/mol. The second-order valence-corrected chi connectivity index (χ2v) is 3.05. The molecule has 1 aromatic rings. The molecule has 0 aliphatic heterocycles. The van der Waals surface area contributed by atoms with Gasteiger partial charge in [0, 0.05) is 0 Å². The highest BCUT2D eigenvalue weighted by molar-refractivity contribution is 5.74. The molecule has 0 fully saturated rings. The highest BCUT2D eigenvalue weighted by atomic mass is 19.4. The van der Waals surface area contributed by atoms with Crippen molar-refractivity contribution in [1.82, 2.24) is 0 Å². The number of rotatable bonds is 2. The third-order valence-corrected chi connectivity index (χ3v) is 1.95. The van der Waals surface area contributed by atoms with Gasteiger partial charge in [-0.05, 0) is 11.6 Å². The molecule has 4 N–H and O–H groups in total. The van der Waals surface area contributed by atoms with Crippen molar-refractivity contribution in [2.45, 2.75) is 12.6 Å². The van der Waals surface area contributed by atoms with E-state index in [0.29, 0.717) is 0 Å². The molecule has 6 heteroatoms. The fourth-order valence-electron chi connectivity index (χ4n) is 1.21. The Morgan fingerprint density at radius 1 is 1.20 bits per heavy atom. The van der Waals surface area contributed by atoms with E-state index in [1.54, 1.807) is 0 Å². The number of alkyl halides is 3. The van der Waals surface area contributed by atoms with Gasteiger partial charge in [0.15, 0.2) is 0 Å². The Bertz CT molecular complexity index is 363. The molecule has 0 heterocycles. The standard InChI is InChI=1S/C9H11F3N2O/c1-15-6-3-2-5(4-9(10,11)12)7(13)8(6)14/h2-3H,4,13-14H2,1H3. The molecule has 0 saturated heterocycles. The Morgan fingerprint density at radius 3 is 2.27 bits per heavy atom. The van der Waals surface area contributed by atoms with Crippen molar-refractivity contribution in [2.24, 2.45) is 0 Å². The monoisotopic (exact) mass is 220 g/mol. The third kappa shape index (κ3) is 2.68. The summed E-state index contributed by atoms with van der Waals surface area (Å²) in [6.45, 7) is 0. The number of hydrogen-bond donors (Lipinski definition) is 2. The van der Waals surface area contributed by atoms with Crippen molar-refractivity contribution in [3.8, 4) is 5.75 Å². The highest BCUT2D eigenvalue weighted by Gasteiger charge is 2.29. The molecule has 1 aromatic carbocycles. The van der Waals surface area contributed by atoms with Crippen molar-refractivity contribution in [2.75, 3.05) is 18.6 Å². The summed E-state index contributed by atoms with van der Waals surface area (Å²) in [6, 6.07) is 2.63. The zero-order valence-electron chi connectivity index (χ0n) is 8.06. The van der Waals surface area contributed by atoms with E-state index in [9.17, 15) is 13.2 Å². The van der Waals surface area contributed by atoms with E-state index in [1.807, 2.05) is 0 Å². The van der Waals surface area contributed by atoms with Crippen molar-refractivity contribution in [3.05, 3.63) is 17.7 Å². The van der Waals surface area contributed by atoms with Gasteiger partial charge in [0.05, 0.1) is 24.9 Å². The van der Waals surface area contributed by atoms with Gasteiger partial charge in [0.25, 0.3) is 0 Å². The lowest BCUT2D eigenvalue weighted by Crippen LogP contribution is -2.14. The molecule has 15 heavy (non-hydrogen) atoms. The van der Waals surface area contributed by atoms with Crippen LogP contribution in [-0.2, 0) is 6.42 Å². The van der Waals surface area contributed by atoms with Crippen molar-refractivity contribution in [1.29, 1.82) is 0 Å². The van der Waals surface area contributed by atoms with Gasteiger partial charge in [-0.15, -0.1) is 0 Å². The maximum atomic E-state index is 12.1. The van der Waals surface area contributed by atoms with Gasteiger partial charge in [-0.1, -0.05) is 6.07 Å². The van der Waals surface area contributed by atoms with Crippen LogP contribution < -0.4 is 16.2 Å². The molecule has 0 unspecified atom stereocenters. The number of benzene rings is 1. The first-order valence-corrected chi connectivity index (χ1v) is 4.12. The van der Waals surface area contributed by atoms with Crippen molar-refractivity contribution in [3.63, 3.8) is 0 Å². The van der Waals surface area contributed by atoms with Gasteiger partial charge in [-0.3, -0.25) is 0 Å². The fourth-order valence-corrected chi connectivity index (χ4v) is 1.21. The van der Waals surface area contributed by atoms with Crippen LogP contribution in [0.1, 0.15) is 5.56 Å². The van der Waals surface area contributed by atoms with Crippen LogP contribution in [0.15, 0.2) is 12.1 Å². The van der Waals surface area contributed by atoms with E-state index in [1.165, 1.54) is 19.2 Å². The van der Waals surface area contributed by atoms with Gasteiger partial charge in [-0.2, -0.15) is 13.2 Å². The largest absolute Gasteiger partial charge is 0.495 e. The summed E-state index contributed by atoms with van der Waals surface area (Å²) in [5, 5.41) is 0. The van der Waals surface area contributed by atoms with Crippen LogP contribution >= 0.6 is 0 Å². The molecule has 1 rings (SSSR count). The molecule has 0 aromatic heterocycles. The molecule has 3 nitrogen and oxygen atoms in total. The molecule has 0 bridgehead atoms. The minimum absolute atomic E-state index is 0.0409. The number of halogens is 3. The van der Waals surface area contributed by atoms with Crippen LogP contribution in [0, 0.1) is 0 Å². The lowest BCUT2D eigenvalue weighted by Gasteiger charge is -2.13. The number of hydrogen-bond acceptors (Lipinski definition) is 3. The Hall–Kier alpha value is -1.59. The second-order valence-electron chi connectivity index (χ2n) is 3.05. The van der Waals surface area contributed by atoms with Crippen LogP contribution in [-0.4, -0.2) is 13.3 Å². The van der Waals surface area contributed by atoms with Crippen LogP contribution in [0.4, 0.5) is 24.5 Å². The Balaban J connectivity index is 3.07. The first kappa shape index (κ1) is 11.5. The third-order valence-electron chi connectivity index (χ3n) is 1.95. The molecule has 84 valence electrons. The number of ether oxygens (including phenoxy) is 1. The van der Waals surface area contributed by atoms with Crippen LogP contribution in [0.2, 0.25) is 0 Å². The molecular formula is C9H11F3N2O. The average molecular weight is 220 g/mol. The molecule has 0 spiro atoms. The molecule has 0 aliphatic rings. The summed E-state index contributed by atoms with van der Waals surface area (Å²) < 4.78 is 41.1. The van der Waals surface area contributed by atoms with Gasteiger partial charge in [-0.25, -0.2) is 0 Å². The van der Waals surface area contributed by atoms with E-state index >= 15 is 0 Å². The number of nitrogen functional groups attached to an aromatic ring is 2. The van der Waals surface area contributed by atoms with E-state index < -0.39 is 12.6 Å². The van der Waals surface area contributed by atoms with E-state index in [-0.39, 0.29) is 22.7 Å². The summed E-state index contributed by atoms with van der Waals surface area (Å²) >= 11 is 0. The summed E-state index contributed by atoms with van der Waals surface area (Å²) in [5.41, 5.74) is 10.9. The maximum absolute atomic E-state index is 12.1. The number of anilines is 2. The quantitative estimate of drug-likeness (QED) is 0.749. The zero-order valence-corrected chi connectivity index (χ0v) is 8.06. The summed E-state index contributed by atoms with van der Waals surface area (Å²) in [4.78, 5) is 0. The summed E-state index contributed by atoms with van der Waals surface area (Å²) in [7, 11) is 1.37. The SMILES string of the molecule is COc1ccc(CC(F)(F)F)c(N)c1N. The van der Waals surface area contributed by atoms with E-state index in [0.717, 1.165) is 0 Å². The van der Waals surface area contributed by atoms with E-state index in [4.69, 9.17) is 16.2 Å². The Morgan fingerprint density at radius 2 is 1.80 bits per heavy atom. The van der Waals surface area contributed by atoms with Gasteiger partial charge < -0.3 is 16.2 Å². The minimum atomic E-state index is -4.30. The summed E-state index contributed by atoms with van der Waals surface area (Å²) in [5.74, 6) is 0.276. The zero-order chi connectivity index (χ0) is 11.6. The Labute approximate surface area is 84.8 Å². The number of methoxy groups -OCH3 is 1. The number of nitrogens with two attached hydrogens (primary N) is 2. The smallest absolute Gasteiger partial charge is 0.393 e. The maximum Gasteiger partial charge on any atom is 0.393 e. The highest BCUT2D eigenvalue weighted by Crippen LogP contribution is 2.33. The molecule has 0 saturated carbocycles. The first-order chi connectivity index (χ1) is 6.85. The second kappa shape index (κ2) is 3.88. The van der Waals surface area contributed by atoms with Gasteiger partial charge in [0.1, 0.15) is 5.75 Å².